The van der Waals surface area contributed by atoms with E-state index in [4.69, 9.17) is 11.6 Å². The van der Waals surface area contributed by atoms with Crippen molar-refractivity contribution in [1.82, 2.24) is 0 Å². The van der Waals surface area contributed by atoms with Gasteiger partial charge in [0.15, 0.2) is 0 Å². The molecule has 0 unspecified atom stereocenters. The molecule has 0 fully saturated rings. The summed E-state index contributed by atoms with van der Waals surface area (Å²) in [5.74, 6) is -0.304. The van der Waals surface area contributed by atoms with Crippen molar-refractivity contribution in [2.24, 2.45) is 0 Å². The van der Waals surface area contributed by atoms with Gasteiger partial charge in [0.25, 0.3) is 11.6 Å². The molecule has 114 valence electrons. The van der Waals surface area contributed by atoms with E-state index in [2.05, 4.69) is 5.32 Å². The third-order valence-corrected chi connectivity index (χ3v) is 3.81. The van der Waals surface area contributed by atoms with Crippen molar-refractivity contribution in [1.29, 1.82) is 0 Å². The summed E-state index contributed by atoms with van der Waals surface area (Å²) in [6.07, 6.45) is 0. The number of hydrogen-bond acceptors (Lipinski definition) is 3. The van der Waals surface area contributed by atoms with Crippen LogP contribution in [0.5, 0.6) is 0 Å². The lowest BCUT2D eigenvalue weighted by Crippen LogP contribution is -2.14. The Hall–Kier alpha value is -2.40. The van der Waals surface area contributed by atoms with Crippen LogP contribution in [-0.4, -0.2) is 10.8 Å². The van der Waals surface area contributed by atoms with Crippen molar-refractivity contribution in [3.63, 3.8) is 0 Å². The Morgan fingerprint density at radius 2 is 1.68 bits per heavy atom. The third-order valence-electron chi connectivity index (χ3n) is 3.40. The Morgan fingerprint density at radius 1 is 1.09 bits per heavy atom. The van der Waals surface area contributed by atoms with Gasteiger partial charge in [-0.1, -0.05) is 17.7 Å². The monoisotopic (exact) mass is 318 g/mol. The molecule has 0 aromatic heterocycles. The molecule has 2 rings (SSSR count). The SMILES string of the molecule is Cc1ccc(C(=O)Nc2c(C)cc([N+](=O)[O-])cc2C)cc1Cl. The Balaban J connectivity index is 2.32. The molecule has 0 aliphatic carbocycles. The molecule has 1 N–H and O–H groups in total. The fourth-order valence-corrected chi connectivity index (χ4v) is 2.34. The van der Waals surface area contributed by atoms with E-state index in [0.29, 0.717) is 27.4 Å². The molecule has 22 heavy (non-hydrogen) atoms. The number of nitrogens with zero attached hydrogens (tertiary/aromatic N) is 1. The van der Waals surface area contributed by atoms with Crippen LogP contribution in [0.1, 0.15) is 27.0 Å². The fourth-order valence-electron chi connectivity index (χ4n) is 2.16. The molecule has 0 saturated carbocycles. The van der Waals surface area contributed by atoms with Crippen molar-refractivity contribution in [2.75, 3.05) is 5.32 Å². The molecule has 0 saturated heterocycles. The van der Waals surface area contributed by atoms with Crippen LogP contribution in [0.25, 0.3) is 0 Å². The molecule has 0 spiro atoms. The van der Waals surface area contributed by atoms with Crippen molar-refractivity contribution < 1.29 is 9.72 Å². The lowest BCUT2D eigenvalue weighted by molar-refractivity contribution is -0.384. The number of nitro benzene ring substituents is 1. The highest BCUT2D eigenvalue weighted by Crippen LogP contribution is 2.27. The van der Waals surface area contributed by atoms with Crippen LogP contribution in [0.2, 0.25) is 5.02 Å². The number of nitrogens with one attached hydrogen (secondary N) is 1. The maximum absolute atomic E-state index is 12.3. The first-order valence-electron chi connectivity index (χ1n) is 6.62. The average molecular weight is 319 g/mol. The summed E-state index contributed by atoms with van der Waals surface area (Å²) in [4.78, 5) is 22.7. The number of aryl methyl sites for hydroxylation is 3. The number of rotatable bonds is 3. The number of amides is 1. The molecule has 0 heterocycles. The minimum Gasteiger partial charge on any atom is -0.321 e. The van der Waals surface area contributed by atoms with Crippen LogP contribution in [0.4, 0.5) is 11.4 Å². The predicted molar refractivity (Wildman–Crippen MR) is 86.7 cm³/mol. The lowest BCUT2D eigenvalue weighted by atomic mass is 10.1. The zero-order chi connectivity index (χ0) is 16.4. The highest BCUT2D eigenvalue weighted by Gasteiger charge is 2.15. The average Bonchev–Trinajstić information content (AvgIpc) is 2.45. The number of non-ortho nitro benzene ring substituents is 1. The van der Waals surface area contributed by atoms with Gasteiger partial charge < -0.3 is 5.32 Å². The van der Waals surface area contributed by atoms with Crippen LogP contribution < -0.4 is 5.32 Å². The normalized spacial score (nSPS) is 10.4. The van der Waals surface area contributed by atoms with E-state index in [1.165, 1.54) is 12.1 Å². The zero-order valence-corrected chi connectivity index (χ0v) is 13.2. The highest BCUT2D eigenvalue weighted by molar-refractivity contribution is 6.31. The molecule has 2 aromatic rings. The number of carbonyl (C=O) groups excluding carboxylic acids is 1. The number of halogens is 1. The maximum Gasteiger partial charge on any atom is 0.270 e. The van der Waals surface area contributed by atoms with Gasteiger partial charge in [0.05, 0.1) is 4.92 Å². The molecule has 0 aliphatic heterocycles. The number of anilines is 1. The molecule has 0 bridgehead atoms. The molecule has 1 amide bonds. The molecule has 2 aromatic carbocycles. The summed E-state index contributed by atoms with van der Waals surface area (Å²) in [6.45, 7) is 5.30. The number of hydrogen-bond donors (Lipinski definition) is 1. The second kappa shape index (κ2) is 6.15. The smallest absolute Gasteiger partial charge is 0.270 e. The Kier molecular flexibility index (Phi) is 4.47. The minimum absolute atomic E-state index is 0.00591. The Labute approximate surface area is 133 Å². The molecule has 5 nitrogen and oxygen atoms in total. The summed E-state index contributed by atoms with van der Waals surface area (Å²) >= 11 is 6.02. The zero-order valence-electron chi connectivity index (χ0n) is 12.4. The van der Waals surface area contributed by atoms with Gasteiger partial charge in [0.2, 0.25) is 0 Å². The van der Waals surface area contributed by atoms with Gasteiger partial charge in [-0.3, -0.25) is 14.9 Å². The number of nitro groups is 1. The third kappa shape index (κ3) is 3.26. The van der Waals surface area contributed by atoms with Gasteiger partial charge >= 0.3 is 0 Å². The van der Waals surface area contributed by atoms with Crippen LogP contribution in [0, 0.1) is 30.9 Å². The van der Waals surface area contributed by atoms with E-state index in [1.54, 1.807) is 32.0 Å². The van der Waals surface area contributed by atoms with Crippen LogP contribution in [0.3, 0.4) is 0 Å². The van der Waals surface area contributed by atoms with Crippen molar-refractivity contribution >= 4 is 28.9 Å². The quantitative estimate of drug-likeness (QED) is 0.672. The lowest BCUT2D eigenvalue weighted by Gasteiger charge is -2.12. The molecule has 0 atom stereocenters. The topological polar surface area (TPSA) is 72.2 Å². The van der Waals surface area contributed by atoms with Crippen molar-refractivity contribution in [2.45, 2.75) is 20.8 Å². The predicted octanol–water partition coefficient (Wildman–Crippen LogP) is 4.43. The summed E-state index contributed by atoms with van der Waals surface area (Å²) < 4.78 is 0. The highest BCUT2D eigenvalue weighted by atomic mass is 35.5. The van der Waals surface area contributed by atoms with Gasteiger partial charge in [-0.25, -0.2) is 0 Å². The van der Waals surface area contributed by atoms with E-state index >= 15 is 0 Å². The van der Waals surface area contributed by atoms with Crippen molar-refractivity contribution in [3.8, 4) is 0 Å². The Morgan fingerprint density at radius 3 is 2.18 bits per heavy atom. The maximum atomic E-state index is 12.3. The van der Waals surface area contributed by atoms with Crippen LogP contribution >= 0.6 is 11.6 Å². The first kappa shape index (κ1) is 16.0. The summed E-state index contributed by atoms with van der Waals surface area (Å²) in [7, 11) is 0. The van der Waals surface area contributed by atoms with E-state index in [0.717, 1.165) is 5.56 Å². The second-order valence-corrected chi connectivity index (χ2v) is 5.54. The van der Waals surface area contributed by atoms with E-state index in [1.807, 2.05) is 6.92 Å². The molecule has 0 aliphatic rings. The van der Waals surface area contributed by atoms with Crippen LogP contribution in [-0.2, 0) is 0 Å². The standard InChI is InChI=1S/C16H15ClN2O3/c1-9-4-5-12(8-14(9)17)16(20)18-15-10(2)6-13(19(21)22)7-11(15)3/h4-8H,1-3H3,(H,18,20). The van der Waals surface area contributed by atoms with E-state index in [9.17, 15) is 14.9 Å². The number of benzene rings is 2. The molecular formula is C16H15ClN2O3. The largest absolute Gasteiger partial charge is 0.321 e. The van der Waals surface area contributed by atoms with Gasteiger partial charge in [0.1, 0.15) is 0 Å². The molecular weight excluding hydrogens is 304 g/mol. The summed E-state index contributed by atoms with van der Waals surface area (Å²) in [6, 6.07) is 7.93. The van der Waals surface area contributed by atoms with Crippen LogP contribution in [0.15, 0.2) is 30.3 Å². The second-order valence-electron chi connectivity index (χ2n) is 5.13. The summed E-state index contributed by atoms with van der Waals surface area (Å²) in [5.41, 5.74) is 3.18. The summed E-state index contributed by atoms with van der Waals surface area (Å²) in [5, 5.41) is 14.1. The molecule has 6 heteroatoms. The van der Waals surface area contributed by atoms with E-state index in [-0.39, 0.29) is 11.6 Å². The van der Waals surface area contributed by atoms with Gasteiger partial charge in [-0.15, -0.1) is 0 Å². The first-order chi connectivity index (χ1) is 10.3. The van der Waals surface area contributed by atoms with E-state index < -0.39 is 4.92 Å². The number of carbonyl (C=O) groups is 1. The Bertz CT molecular complexity index is 749. The minimum atomic E-state index is -0.453. The molecule has 0 radical (unpaired) electrons. The van der Waals surface area contributed by atoms with Gasteiger partial charge in [-0.2, -0.15) is 0 Å². The van der Waals surface area contributed by atoms with Crippen molar-refractivity contribution in [3.05, 3.63) is 67.7 Å². The van der Waals surface area contributed by atoms with Gasteiger partial charge in [-0.05, 0) is 49.6 Å². The fraction of sp³-hybridized carbons (Fsp3) is 0.188. The first-order valence-corrected chi connectivity index (χ1v) is 7.00. The van der Waals surface area contributed by atoms with Gasteiger partial charge in [0, 0.05) is 28.4 Å².